The van der Waals surface area contributed by atoms with Crippen molar-refractivity contribution >= 4 is 15.9 Å². The van der Waals surface area contributed by atoms with Crippen LogP contribution in [0.1, 0.15) is 23.2 Å². The highest BCUT2D eigenvalue weighted by atomic mass is 32.2. The van der Waals surface area contributed by atoms with E-state index >= 15 is 0 Å². The molecule has 1 fully saturated rings. The number of carbonyl (C=O) groups excluding carboxylic acids is 1. The third-order valence-corrected chi connectivity index (χ3v) is 5.00. The molecule has 2 heterocycles. The van der Waals surface area contributed by atoms with E-state index in [2.05, 4.69) is 10.3 Å². The number of carbonyl (C=O) groups is 1. The molecule has 0 saturated carbocycles. The van der Waals surface area contributed by atoms with Crippen molar-refractivity contribution in [2.75, 3.05) is 25.4 Å². The molecule has 1 aromatic heterocycles. The summed E-state index contributed by atoms with van der Waals surface area (Å²) < 4.78 is 24.9. The van der Waals surface area contributed by atoms with E-state index in [4.69, 9.17) is 0 Å². The Balaban J connectivity index is 1.82. The van der Waals surface area contributed by atoms with Crippen molar-refractivity contribution in [2.45, 2.75) is 12.8 Å². The first-order valence-corrected chi connectivity index (χ1v) is 7.86. The second-order valence-corrected chi connectivity index (χ2v) is 6.50. The fraction of sp³-hybridized carbons (Fsp3) is 0.500. The van der Waals surface area contributed by atoms with Gasteiger partial charge in [-0.1, -0.05) is 0 Å². The minimum atomic E-state index is -3.11. The summed E-state index contributed by atoms with van der Waals surface area (Å²) in [4.78, 5) is 15.6. The second kappa shape index (κ2) is 6.12. The average Bonchev–Trinajstić information content (AvgIpc) is 2.41. The van der Waals surface area contributed by atoms with Crippen LogP contribution in [0.2, 0.25) is 0 Å². The Morgan fingerprint density at radius 3 is 2.74 bits per heavy atom. The van der Waals surface area contributed by atoms with Gasteiger partial charge in [-0.2, -0.15) is 0 Å². The minimum Gasteiger partial charge on any atom is -0.351 e. The van der Waals surface area contributed by atoms with Gasteiger partial charge in [0.1, 0.15) is 0 Å². The summed E-state index contributed by atoms with van der Waals surface area (Å²) in [6.07, 6.45) is 4.70. The number of pyridine rings is 1. The van der Waals surface area contributed by atoms with Crippen molar-refractivity contribution in [1.82, 2.24) is 14.6 Å². The highest BCUT2D eigenvalue weighted by Gasteiger charge is 2.25. The lowest BCUT2D eigenvalue weighted by molar-refractivity contribution is 0.0951. The molecular formula is C12H17N3O3S. The van der Waals surface area contributed by atoms with Crippen LogP contribution in [0.25, 0.3) is 0 Å². The summed E-state index contributed by atoms with van der Waals surface area (Å²) in [5.41, 5.74) is 0.525. The summed E-state index contributed by atoms with van der Waals surface area (Å²) in [6, 6.07) is 3.24. The third-order valence-electron chi connectivity index (χ3n) is 3.04. The summed E-state index contributed by atoms with van der Waals surface area (Å²) >= 11 is 0. The Hall–Kier alpha value is -1.47. The number of nitrogens with zero attached hydrogens (tertiary/aromatic N) is 2. The fourth-order valence-corrected chi connectivity index (χ4v) is 3.60. The lowest BCUT2D eigenvalue weighted by Gasteiger charge is -2.26. The van der Waals surface area contributed by atoms with Gasteiger partial charge in [0.25, 0.3) is 5.91 Å². The zero-order chi connectivity index (χ0) is 13.7. The van der Waals surface area contributed by atoms with Crippen LogP contribution in [-0.4, -0.2) is 49.0 Å². The maximum atomic E-state index is 11.7. The molecule has 1 N–H and O–H groups in total. The quantitative estimate of drug-likeness (QED) is 0.858. The molecular weight excluding hydrogens is 266 g/mol. The van der Waals surface area contributed by atoms with Crippen LogP contribution >= 0.6 is 0 Å². The molecule has 0 aromatic carbocycles. The molecule has 1 saturated heterocycles. The third kappa shape index (κ3) is 3.74. The monoisotopic (exact) mass is 283 g/mol. The van der Waals surface area contributed by atoms with Crippen molar-refractivity contribution in [3.8, 4) is 0 Å². The lowest BCUT2D eigenvalue weighted by Crippen LogP contribution is -2.42. The molecule has 1 aliphatic heterocycles. The van der Waals surface area contributed by atoms with Crippen LogP contribution in [0.3, 0.4) is 0 Å². The second-order valence-electron chi connectivity index (χ2n) is 4.41. The lowest BCUT2D eigenvalue weighted by atomic mass is 10.2. The predicted octanol–water partition coefficient (Wildman–Crippen LogP) is 0.237. The number of hydrogen-bond acceptors (Lipinski definition) is 4. The van der Waals surface area contributed by atoms with Crippen LogP contribution in [0, 0.1) is 0 Å². The van der Waals surface area contributed by atoms with Crippen LogP contribution in [0.5, 0.6) is 0 Å². The zero-order valence-electron chi connectivity index (χ0n) is 10.6. The maximum Gasteiger partial charge on any atom is 0.251 e. The van der Waals surface area contributed by atoms with Gasteiger partial charge >= 0.3 is 0 Å². The molecule has 0 unspecified atom stereocenters. The summed E-state index contributed by atoms with van der Waals surface area (Å²) in [5.74, 6) is 0.00230. The normalized spacial score (nSPS) is 18.9. The first kappa shape index (κ1) is 14.0. The number of nitrogens with one attached hydrogen (secondary N) is 1. The molecule has 1 aliphatic rings. The highest BCUT2D eigenvalue weighted by Crippen LogP contribution is 2.12. The molecule has 0 atom stereocenters. The topological polar surface area (TPSA) is 79.4 Å². The Labute approximate surface area is 112 Å². The minimum absolute atomic E-state index is 0.211. The van der Waals surface area contributed by atoms with Crippen LogP contribution in [-0.2, 0) is 10.0 Å². The number of hydrogen-bond donors (Lipinski definition) is 1. The van der Waals surface area contributed by atoms with Gasteiger partial charge in [-0.15, -0.1) is 0 Å². The first-order valence-electron chi connectivity index (χ1n) is 6.26. The van der Waals surface area contributed by atoms with E-state index < -0.39 is 10.0 Å². The molecule has 104 valence electrons. The van der Waals surface area contributed by atoms with Gasteiger partial charge < -0.3 is 5.32 Å². The van der Waals surface area contributed by atoms with Gasteiger partial charge in [0.2, 0.25) is 10.0 Å². The van der Waals surface area contributed by atoms with Crippen LogP contribution < -0.4 is 5.32 Å². The smallest absolute Gasteiger partial charge is 0.251 e. The average molecular weight is 283 g/mol. The van der Waals surface area contributed by atoms with Crippen molar-refractivity contribution in [2.24, 2.45) is 0 Å². The number of aromatic nitrogens is 1. The van der Waals surface area contributed by atoms with Gasteiger partial charge in [0.05, 0.1) is 5.75 Å². The van der Waals surface area contributed by atoms with Crippen LogP contribution in [0.15, 0.2) is 24.5 Å². The van der Waals surface area contributed by atoms with Crippen molar-refractivity contribution in [3.05, 3.63) is 30.1 Å². The molecule has 0 aliphatic carbocycles. The van der Waals surface area contributed by atoms with Crippen molar-refractivity contribution in [3.63, 3.8) is 0 Å². The summed E-state index contributed by atoms with van der Waals surface area (Å²) in [6.45, 7) is 1.20. The fourth-order valence-electron chi connectivity index (χ4n) is 1.99. The Bertz CT molecular complexity index is 530. The Morgan fingerprint density at radius 1 is 1.32 bits per heavy atom. The van der Waals surface area contributed by atoms with Gasteiger partial charge in [0.15, 0.2) is 0 Å². The molecule has 19 heavy (non-hydrogen) atoms. The number of amides is 1. The van der Waals surface area contributed by atoms with Crippen molar-refractivity contribution < 1.29 is 13.2 Å². The van der Waals surface area contributed by atoms with E-state index in [1.807, 2.05) is 0 Å². The van der Waals surface area contributed by atoms with Crippen LogP contribution in [0.4, 0.5) is 0 Å². The number of sulfonamides is 1. The van der Waals surface area contributed by atoms with Gasteiger partial charge in [-0.05, 0) is 25.0 Å². The van der Waals surface area contributed by atoms with E-state index in [0.717, 1.165) is 12.8 Å². The molecule has 0 radical (unpaired) electrons. The summed E-state index contributed by atoms with van der Waals surface area (Å²) in [5, 5.41) is 2.71. The number of rotatable bonds is 4. The molecule has 0 bridgehead atoms. The molecule has 7 heteroatoms. The maximum absolute atomic E-state index is 11.7. The Morgan fingerprint density at radius 2 is 2.05 bits per heavy atom. The standard InChI is InChI=1S/C12H17N3O3S/c16-12(11-3-5-13-6-4-11)14-7-9-15-8-1-2-10-19(15,17)18/h3-6H,1-2,7-10H2,(H,14,16). The largest absolute Gasteiger partial charge is 0.351 e. The molecule has 6 nitrogen and oxygen atoms in total. The van der Waals surface area contributed by atoms with E-state index in [-0.39, 0.29) is 11.7 Å². The predicted molar refractivity (Wildman–Crippen MR) is 71.2 cm³/mol. The highest BCUT2D eigenvalue weighted by molar-refractivity contribution is 7.89. The SMILES string of the molecule is O=C(NCCN1CCCCS1(=O)=O)c1ccncc1. The first-order chi connectivity index (χ1) is 9.09. The molecule has 0 spiro atoms. The molecule has 1 amide bonds. The van der Waals surface area contributed by atoms with Gasteiger partial charge in [-0.25, -0.2) is 12.7 Å². The van der Waals surface area contributed by atoms with E-state index in [0.29, 0.717) is 25.2 Å². The Kier molecular flexibility index (Phi) is 4.49. The molecule has 2 rings (SSSR count). The van der Waals surface area contributed by atoms with Gasteiger partial charge in [0, 0.05) is 37.6 Å². The van der Waals surface area contributed by atoms with Crippen molar-refractivity contribution in [1.29, 1.82) is 0 Å². The van der Waals surface area contributed by atoms with E-state index in [9.17, 15) is 13.2 Å². The van der Waals surface area contributed by atoms with E-state index in [1.165, 1.54) is 4.31 Å². The van der Waals surface area contributed by atoms with E-state index in [1.54, 1.807) is 24.5 Å². The summed E-state index contributed by atoms with van der Waals surface area (Å²) in [7, 11) is -3.11. The van der Waals surface area contributed by atoms with Gasteiger partial charge in [-0.3, -0.25) is 9.78 Å². The molecule has 1 aromatic rings. The zero-order valence-corrected chi connectivity index (χ0v) is 11.4.